The van der Waals surface area contributed by atoms with Crippen LogP contribution in [0.15, 0.2) is 82.7 Å². The molecule has 1 aliphatic heterocycles. The highest BCUT2D eigenvalue weighted by atomic mass is 35.5. The van der Waals surface area contributed by atoms with E-state index in [0.29, 0.717) is 28.2 Å². The molecule has 3 aromatic carbocycles. The van der Waals surface area contributed by atoms with Crippen LogP contribution in [0.1, 0.15) is 29.5 Å². The maximum atomic E-state index is 13.5. The van der Waals surface area contributed by atoms with Crippen molar-refractivity contribution in [2.45, 2.75) is 31.2 Å². The summed E-state index contributed by atoms with van der Waals surface area (Å²) in [5, 5.41) is 22.0. The van der Waals surface area contributed by atoms with Crippen LogP contribution in [0.4, 0.5) is 5.95 Å². The number of aliphatic carboxylic acids is 1. The third kappa shape index (κ3) is 4.10. The summed E-state index contributed by atoms with van der Waals surface area (Å²) >= 11 is 12.2. The molecule has 0 amide bonds. The van der Waals surface area contributed by atoms with Crippen LogP contribution in [-0.4, -0.2) is 37.7 Å². The zero-order valence-corrected chi connectivity index (χ0v) is 21.7. The number of nitrogens with zero attached hydrogens (tertiary/aromatic N) is 5. The summed E-state index contributed by atoms with van der Waals surface area (Å²) in [6.45, 7) is 0.426. The number of fused-ring (bicyclic) bond motifs is 2. The number of carboxylic acids is 1. The Morgan fingerprint density at radius 1 is 0.974 bits per heavy atom. The van der Waals surface area contributed by atoms with Crippen LogP contribution < -0.4 is 10.7 Å². The van der Waals surface area contributed by atoms with Crippen molar-refractivity contribution in [3.63, 3.8) is 0 Å². The first-order valence-corrected chi connectivity index (χ1v) is 13.0. The maximum absolute atomic E-state index is 13.5. The number of carbonyl (C=O) groups is 1. The van der Waals surface area contributed by atoms with Crippen molar-refractivity contribution >= 4 is 40.8 Å². The second kappa shape index (κ2) is 9.45. The van der Waals surface area contributed by atoms with Crippen LogP contribution in [0.3, 0.4) is 0 Å². The van der Waals surface area contributed by atoms with Gasteiger partial charge in [0.1, 0.15) is 0 Å². The molecule has 4 aromatic rings. The first-order valence-electron chi connectivity index (χ1n) is 12.2. The van der Waals surface area contributed by atoms with E-state index in [2.05, 4.69) is 17.2 Å². The molecule has 1 aliphatic carbocycles. The second-order valence-corrected chi connectivity index (χ2v) is 10.4. The Morgan fingerprint density at radius 3 is 2.37 bits per heavy atom. The lowest BCUT2D eigenvalue weighted by Gasteiger charge is -2.27. The zero-order valence-electron chi connectivity index (χ0n) is 20.2. The lowest BCUT2D eigenvalue weighted by atomic mass is 9.75. The molecule has 38 heavy (non-hydrogen) atoms. The van der Waals surface area contributed by atoms with E-state index in [0.717, 1.165) is 24.1 Å². The van der Waals surface area contributed by atoms with Gasteiger partial charge in [0.2, 0.25) is 5.95 Å². The highest BCUT2D eigenvalue weighted by molar-refractivity contribution is 6.31. The number of anilines is 1. The smallest absolute Gasteiger partial charge is 0.352 e. The molecular weight excluding hydrogens is 525 g/mol. The van der Waals surface area contributed by atoms with Gasteiger partial charge in [0.05, 0.1) is 29.8 Å². The number of hydrazone groups is 1. The summed E-state index contributed by atoms with van der Waals surface area (Å²) < 4.78 is 2.64. The summed E-state index contributed by atoms with van der Waals surface area (Å²) in [4.78, 5) is 24.9. The highest BCUT2D eigenvalue weighted by Gasteiger charge is 2.49. The Labute approximate surface area is 228 Å². The molecular formula is C28H23Cl2N5O3. The summed E-state index contributed by atoms with van der Waals surface area (Å²) in [7, 11) is 0. The third-order valence-corrected chi connectivity index (χ3v) is 7.76. The standard InChI is InChI=1S/C28H23Cl2N5O3/c29-20-7-5-19(6-8-20)25-28(15-13-18-3-1-2-4-23(18)28)17-34(31-25)26-32-35(22-11-9-21(30)10-12-22)27(38)33(26)16-14-24(36)37/h1-12H,13-17H2,(H,36,37)/t28-/m1/s1. The predicted molar refractivity (Wildman–Crippen MR) is 147 cm³/mol. The molecule has 0 bridgehead atoms. The van der Waals surface area contributed by atoms with Crippen molar-refractivity contribution in [1.29, 1.82) is 0 Å². The minimum absolute atomic E-state index is 0.0387. The maximum Gasteiger partial charge on any atom is 0.352 e. The van der Waals surface area contributed by atoms with E-state index in [4.69, 9.17) is 28.3 Å². The van der Waals surface area contributed by atoms with Gasteiger partial charge in [-0.3, -0.25) is 9.36 Å². The van der Waals surface area contributed by atoms with Crippen LogP contribution in [0.2, 0.25) is 10.0 Å². The van der Waals surface area contributed by atoms with Crippen LogP contribution in [0.5, 0.6) is 0 Å². The molecule has 1 N–H and O–H groups in total. The molecule has 6 rings (SSSR count). The first kappa shape index (κ1) is 24.5. The van der Waals surface area contributed by atoms with Gasteiger partial charge < -0.3 is 5.11 Å². The topological polar surface area (TPSA) is 92.7 Å². The Morgan fingerprint density at radius 2 is 1.66 bits per heavy atom. The van der Waals surface area contributed by atoms with Gasteiger partial charge in [-0.1, -0.05) is 59.6 Å². The molecule has 0 saturated heterocycles. The van der Waals surface area contributed by atoms with Gasteiger partial charge in [-0.2, -0.15) is 9.78 Å². The van der Waals surface area contributed by atoms with Gasteiger partial charge in [-0.25, -0.2) is 9.80 Å². The van der Waals surface area contributed by atoms with Gasteiger partial charge >= 0.3 is 11.7 Å². The van der Waals surface area contributed by atoms with Crippen LogP contribution in [-0.2, 0) is 23.2 Å². The predicted octanol–water partition coefficient (Wildman–Crippen LogP) is 4.92. The van der Waals surface area contributed by atoms with Crippen LogP contribution in [0, 0.1) is 0 Å². The summed E-state index contributed by atoms with van der Waals surface area (Å²) in [6, 6.07) is 22.7. The van der Waals surface area contributed by atoms with E-state index in [1.165, 1.54) is 20.4 Å². The molecule has 2 heterocycles. The molecule has 2 aliphatic rings. The minimum atomic E-state index is -1.00. The lowest BCUT2D eigenvalue weighted by Crippen LogP contribution is -2.37. The van der Waals surface area contributed by atoms with Crippen LogP contribution in [0.25, 0.3) is 5.69 Å². The second-order valence-electron chi connectivity index (χ2n) is 9.52. The number of hydrogen-bond donors (Lipinski definition) is 1. The minimum Gasteiger partial charge on any atom is -0.481 e. The van der Waals surface area contributed by atoms with Crippen molar-refractivity contribution < 1.29 is 9.90 Å². The Hall–Kier alpha value is -3.88. The molecule has 192 valence electrons. The van der Waals surface area contributed by atoms with Crippen molar-refractivity contribution in [3.8, 4) is 5.69 Å². The van der Waals surface area contributed by atoms with Crippen molar-refractivity contribution in [1.82, 2.24) is 14.3 Å². The molecule has 10 heteroatoms. The number of hydrogen-bond acceptors (Lipinski definition) is 5. The van der Waals surface area contributed by atoms with Gasteiger partial charge in [0.25, 0.3) is 0 Å². The van der Waals surface area contributed by atoms with Crippen molar-refractivity contribution in [2.24, 2.45) is 5.10 Å². The largest absolute Gasteiger partial charge is 0.481 e. The fourth-order valence-electron chi connectivity index (χ4n) is 5.47. The number of benzene rings is 3. The van der Waals surface area contributed by atoms with E-state index in [1.54, 1.807) is 29.3 Å². The molecule has 1 aromatic heterocycles. The molecule has 1 spiro atoms. The Balaban J connectivity index is 1.51. The van der Waals surface area contributed by atoms with Gasteiger partial charge in [-0.05, 0) is 65.9 Å². The van der Waals surface area contributed by atoms with E-state index in [1.807, 2.05) is 36.4 Å². The van der Waals surface area contributed by atoms with Gasteiger partial charge in [-0.15, -0.1) is 5.10 Å². The zero-order chi connectivity index (χ0) is 26.4. The third-order valence-electron chi connectivity index (χ3n) is 7.26. The number of halogens is 2. The monoisotopic (exact) mass is 547 g/mol. The lowest BCUT2D eigenvalue weighted by molar-refractivity contribution is -0.137. The fraction of sp³-hybridized carbons (Fsp3) is 0.214. The Bertz CT molecular complexity index is 1630. The molecule has 0 radical (unpaired) electrons. The van der Waals surface area contributed by atoms with Crippen molar-refractivity contribution in [2.75, 3.05) is 11.6 Å². The molecule has 0 fully saturated rings. The summed E-state index contributed by atoms with van der Waals surface area (Å²) in [6.07, 6.45) is 1.53. The van der Waals surface area contributed by atoms with Gasteiger partial charge in [0.15, 0.2) is 0 Å². The summed E-state index contributed by atoms with van der Waals surface area (Å²) in [5.41, 5.74) is 3.94. The Kier molecular flexibility index (Phi) is 6.08. The molecule has 1 atom stereocenters. The molecule has 0 unspecified atom stereocenters. The van der Waals surface area contributed by atoms with E-state index >= 15 is 0 Å². The highest BCUT2D eigenvalue weighted by Crippen LogP contribution is 2.46. The molecule has 0 saturated carbocycles. The normalized spacial score (nSPS) is 18.2. The average molecular weight is 548 g/mol. The number of aromatic nitrogens is 3. The van der Waals surface area contributed by atoms with E-state index in [-0.39, 0.29) is 13.0 Å². The van der Waals surface area contributed by atoms with Crippen LogP contribution >= 0.6 is 23.2 Å². The molecule has 8 nitrogen and oxygen atoms in total. The quantitative estimate of drug-likeness (QED) is 0.369. The number of rotatable bonds is 6. The first-order chi connectivity index (χ1) is 18.4. The number of aryl methyl sites for hydroxylation is 1. The number of carboxylic acid groups (broad SMARTS) is 1. The fourth-order valence-corrected chi connectivity index (χ4v) is 5.72. The SMILES string of the molecule is O=C(O)CCn1c(N2C[C@@]3(CCc4ccccc43)C(c3ccc(Cl)cc3)=N2)nn(-c2ccc(Cl)cc2)c1=O. The van der Waals surface area contributed by atoms with E-state index in [9.17, 15) is 14.7 Å². The van der Waals surface area contributed by atoms with E-state index < -0.39 is 17.1 Å². The van der Waals surface area contributed by atoms with Crippen molar-refractivity contribution in [3.05, 3.63) is 110 Å². The van der Waals surface area contributed by atoms with Gasteiger partial charge in [0, 0.05) is 16.6 Å². The summed E-state index contributed by atoms with van der Waals surface area (Å²) in [5.74, 6) is -0.714. The average Bonchev–Trinajstić information content (AvgIpc) is 3.58.